The molecule has 0 fully saturated rings. The van der Waals surface area contributed by atoms with Crippen LogP contribution in [0.2, 0.25) is 0 Å². The summed E-state index contributed by atoms with van der Waals surface area (Å²) in [5.74, 6) is 0. The molecule has 124 valence electrons. The van der Waals surface area contributed by atoms with Crippen molar-refractivity contribution in [2.75, 3.05) is 13.1 Å². The van der Waals surface area contributed by atoms with Crippen LogP contribution in [0.1, 0.15) is 38.3 Å². The molecule has 5 nitrogen and oxygen atoms in total. The molecular formula is C19H20N2O3. The molecular weight excluding hydrogens is 304 g/mol. The van der Waals surface area contributed by atoms with Gasteiger partial charge in [0.2, 0.25) is 0 Å². The summed E-state index contributed by atoms with van der Waals surface area (Å²) in [6.07, 6.45) is 4.26. The summed E-state index contributed by atoms with van der Waals surface area (Å²) in [6.45, 7) is 6.69. The van der Waals surface area contributed by atoms with Crippen LogP contribution >= 0.6 is 0 Å². The summed E-state index contributed by atoms with van der Waals surface area (Å²) in [5.41, 5.74) is 2.75. The van der Waals surface area contributed by atoms with Gasteiger partial charge in [0.05, 0.1) is 17.9 Å². The lowest BCUT2D eigenvalue weighted by Crippen LogP contribution is -2.39. The maximum atomic E-state index is 12.3. The molecule has 1 aromatic carbocycles. The van der Waals surface area contributed by atoms with Crippen LogP contribution in [0, 0.1) is 11.3 Å². The molecule has 1 aliphatic rings. The monoisotopic (exact) mass is 324 g/mol. The van der Waals surface area contributed by atoms with Crippen LogP contribution in [0.4, 0.5) is 4.79 Å². The molecule has 0 radical (unpaired) electrons. The van der Waals surface area contributed by atoms with Crippen LogP contribution in [-0.4, -0.2) is 29.7 Å². The summed E-state index contributed by atoms with van der Waals surface area (Å²) in [5, 5.41) is 9.99. The summed E-state index contributed by atoms with van der Waals surface area (Å²) in [7, 11) is 0. The van der Waals surface area contributed by atoms with Gasteiger partial charge < -0.3 is 14.1 Å². The van der Waals surface area contributed by atoms with Gasteiger partial charge in [-0.05, 0) is 51.0 Å². The van der Waals surface area contributed by atoms with Crippen molar-refractivity contribution in [1.29, 1.82) is 5.26 Å². The van der Waals surface area contributed by atoms with Crippen LogP contribution < -0.4 is 0 Å². The zero-order chi connectivity index (χ0) is 17.3. The normalized spacial score (nSPS) is 15.1. The fraction of sp³-hybridized carbons (Fsp3) is 0.368. The maximum Gasteiger partial charge on any atom is 0.410 e. The van der Waals surface area contributed by atoms with Gasteiger partial charge in [0.1, 0.15) is 11.2 Å². The topological polar surface area (TPSA) is 66.5 Å². The van der Waals surface area contributed by atoms with Gasteiger partial charge >= 0.3 is 6.09 Å². The molecule has 0 unspecified atom stereocenters. The average Bonchev–Trinajstić information content (AvgIpc) is 2.96. The first kappa shape index (κ1) is 16.1. The third-order valence-electron chi connectivity index (χ3n) is 3.85. The second kappa shape index (κ2) is 6.04. The van der Waals surface area contributed by atoms with Crippen LogP contribution in [-0.2, 0) is 4.74 Å². The molecule has 5 heteroatoms. The fourth-order valence-corrected chi connectivity index (χ4v) is 2.77. The number of carbonyl (C=O) groups excluding carboxylic acids is 1. The molecule has 1 aliphatic heterocycles. The predicted octanol–water partition coefficient (Wildman–Crippen LogP) is 4.33. The summed E-state index contributed by atoms with van der Waals surface area (Å²) >= 11 is 0. The Hall–Kier alpha value is -2.74. The molecule has 0 aliphatic carbocycles. The smallest absolute Gasteiger partial charge is 0.410 e. The van der Waals surface area contributed by atoms with Crippen molar-refractivity contribution in [3.63, 3.8) is 0 Å². The Kier molecular flexibility index (Phi) is 4.06. The SMILES string of the molecule is CC(C)(C)OC(=O)N1CCC=C(c2coc3ccc(C#N)cc23)C1. The second-order valence-electron chi connectivity index (χ2n) is 6.89. The van der Waals surface area contributed by atoms with E-state index in [-0.39, 0.29) is 6.09 Å². The van der Waals surface area contributed by atoms with E-state index in [2.05, 4.69) is 12.1 Å². The van der Waals surface area contributed by atoms with Crippen LogP contribution in [0.5, 0.6) is 0 Å². The molecule has 0 atom stereocenters. The van der Waals surface area contributed by atoms with Crippen molar-refractivity contribution in [2.45, 2.75) is 32.8 Å². The van der Waals surface area contributed by atoms with Gasteiger partial charge in [0, 0.05) is 24.0 Å². The molecule has 1 amide bonds. The van der Waals surface area contributed by atoms with Crippen molar-refractivity contribution in [3.8, 4) is 6.07 Å². The Morgan fingerprint density at radius 1 is 1.38 bits per heavy atom. The highest BCUT2D eigenvalue weighted by atomic mass is 16.6. The van der Waals surface area contributed by atoms with E-state index in [9.17, 15) is 4.79 Å². The van der Waals surface area contributed by atoms with Gasteiger partial charge in [-0.25, -0.2) is 4.79 Å². The van der Waals surface area contributed by atoms with Gasteiger partial charge in [0.15, 0.2) is 0 Å². The number of amides is 1. The number of furan rings is 1. The molecule has 0 N–H and O–H groups in total. The first-order valence-corrected chi connectivity index (χ1v) is 7.96. The molecule has 2 aromatic rings. The fourth-order valence-electron chi connectivity index (χ4n) is 2.77. The standard InChI is InChI=1S/C19H20N2O3/c1-19(2,3)24-18(22)21-8-4-5-14(11-21)16-12-23-17-7-6-13(10-20)9-15(16)17/h5-7,9,12H,4,8,11H2,1-3H3. The Labute approximate surface area is 141 Å². The van der Waals surface area contributed by atoms with Crippen molar-refractivity contribution in [2.24, 2.45) is 0 Å². The van der Waals surface area contributed by atoms with Crippen LogP contribution in [0.15, 0.2) is 35.0 Å². The first-order valence-electron chi connectivity index (χ1n) is 7.96. The lowest BCUT2D eigenvalue weighted by molar-refractivity contribution is 0.0273. The number of nitrogens with zero attached hydrogens (tertiary/aromatic N) is 2. The van der Waals surface area contributed by atoms with Crippen molar-refractivity contribution < 1.29 is 13.9 Å². The Morgan fingerprint density at radius 2 is 2.17 bits per heavy atom. The Balaban J connectivity index is 1.87. The molecule has 0 saturated heterocycles. The predicted molar refractivity (Wildman–Crippen MR) is 91.3 cm³/mol. The van der Waals surface area contributed by atoms with E-state index in [1.54, 1.807) is 23.3 Å². The number of nitriles is 1. The number of hydrogen-bond acceptors (Lipinski definition) is 4. The van der Waals surface area contributed by atoms with Crippen molar-refractivity contribution in [1.82, 2.24) is 4.90 Å². The van der Waals surface area contributed by atoms with Gasteiger partial charge in [0.25, 0.3) is 0 Å². The molecule has 0 spiro atoms. The van der Waals surface area contributed by atoms with Gasteiger partial charge in [-0.1, -0.05) is 6.08 Å². The molecule has 0 saturated carbocycles. The number of hydrogen-bond donors (Lipinski definition) is 0. The van der Waals surface area contributed by atoms with Crippen LogP contribution in [0.3, 0.4) is 0 Å². The van der Waals surface area contributed by atoms with Crippen LogP contribution in [0.25, 0.3) is 16.5 Å². The third-order valence-corrected chi connectivity index (χ3v) is 3.85. The summed E-state index contributed by atoms with van der Waals surface area (Å²) < 4.78 is 11.1. The largest absolute Gasteiger partial charge is 0.464 e. The minimum Gasteiger partial charge on any atom is -0.464 e. The van der Waals surface area contributed by atoms with Gasteiger partial charge in [-0.15, -0.1) is 0 Å². The molecule has 0 bridgehead atoms. The van der Waals surface area contributed by atoms with E-state index in [0.717, 1.165) is 28.5 Å². The van der Waals surface area contributed by atoms with E-state index >= 15 is 0 Å². The minimum absolute atomic E-state index is 0.307. The summed E-state index contributed by atoms with van der Waals surface area (Å²) in [4.78, 5) is 14.0. The number of benzene rings is 1. The maximum absolute atomic E-state index is 12.3. The Morgan fingerprint density at radius 3 is 2.88 bits per heavy atom. The number of rotatable bonds is 1. The second-order valence-corrected chi connectivity index (χ2v) is 6.89. The first-order chi connectivity index (χ1) is 11.4. The van der Waals surface area contributed by atoms with E-state index in [1.807, 2.05) is 26.8 Å². The molecule has 2 heterocycles. The molecule has 1 aromatic heterocycles. The van der Waals surface area contributed by atoms with E-state index < -0.39 is 5.60 Å². The number of fused-ring (bicyclic) bond motifs is 1. The zero-order valence-electron chi connectivity index (χ0n) is 14.1. The number of ether oxygens (including phenoxy) is 1. The molecule has 3 rings (SSSR count). The summed E-state index contributed by atoms with van der Waals surface area (Å²) in [6, 6.07) is 7.50. The Bertz CT molecular complexity index is 850. The molecule has 24 heavy (non-hydrogen) atoms. The third kappa shape index (κ3) is 3.28. The van der Waals surface area contributed by atoms with Crippen molar-refractivity contribution >= 4 is 22.6 Å². The van der Waals surface area contributed by atoms with Gasteiger partial charge in [-0.2, -0.15) is 5.26 Å². The highest BCUT2D eigenvalue weighted by Crippen LogP contribution is 2.31. The lowest BCUT2D eigenvalue weighted by Gasteiger charge is -2.30. The lowest BCUT2D eigenvalue weighted by atomic mass is 10.00. The van der Waals surface area contributed by atoms with Crippen molar-refractivity contribution in [3.05, 3.63) is 41.7 Å². The quantitative estimate of drug-likeness (QED) is 0.783. The van der Waals surface area contributed by atoms with E-state index in [4.69, 9.17) is 14.4 Å². The van der Waals surface area contributed by atoms with E-state index in [1.165, 1.54) is 0 Å². The zero-order valence-corrected chi connectivity index (χ0v) is 14.1. The number of carbonyl (C=O) groups is 1. The average molecular weight is 324 g/mol. The highest BCUT2D eigenvalue weighted by Gasteiger charge is 2.25. The van der Waals surface area contributed by atoms with E-state index in [0.29, 0.717) is 18.7 Å². The highest BCUT2D eigenvalue weighted by molar-refractivity contribution is 5.93. The minimum atomic E-state index is -0.511. The van der Waals surface area contributed by atoms with Gasteiger partial charge in [-0.3, -0.25) is 0 Å².